The number of likely N-dealkylation sites (tertiary alicyclic amines) is 1. The molecule has 1 heterocycles. The van der Waals surface area contributed by atoms with Gasteiger partial charge >= 0.3 is 6.03 Å². The second kappa shape index (κ2) is 10.8. The van der Waals surface area contributed by atoms with Gasteiger partial charge in [-0.25, -0.2) is 9.18 Å². The van der Waals surface area contributed by atoms with E-state index < -0.39 is 0 Å². The van der Waals surface area contributed by atoms with Crippen LogP contribution in [0.15, 0.2) is 48.5 Å². The highest BCUT2D eigenvalue weighted by molar-refractivity contribution is 5.79. The lowest BCUT2D eigenvalue weighted by molar-refractivity contribution is -0.126. The van der Waals surface area contributed by atoms with E-state index >= 15 is 0 Å². The predicted molar refractivity (Wildman–Crippen MR) is 127 cm³/mol. The number of nitrogens with one attached hydrogen (secondary N) is 2. The van der Waals surface area contributed by atoms with Crippen molar-refractivity contribution in [1.29, 1.82) is 0 Å². The highest BCUT2D eigenvalue weighted by atomic mass is 19.1. The molecule has 0 bridgehead atoms. The molecular formula is C27H34FN3O2. The largest absolute Gasteiger partial charge is 0.352 e. The van der Waals surface area contributed by atoms with Crippen LogP contribution in [0.3, 0.4) is 0 Å². The van der Waals surface area contributed by atoms with Gasteiger partial charge in [0.05, 0.1) is 0 Å². The molecule has 176 valence electrons. The Bertz CT molecular complexity index is 957. The summed E-state index contributed by atoms with van der Waals surface area (Å²) in [5.41, 5.74) is 2.72. The summed E-state index contributed by atoms with van der Waals surface area (Å²) in [4.78, 5) is 27.1. The van der Waals surface area contributed by atoms with Crippen molar-refractivity contribution >= 4 is 11.9 Å². The van der Waals surface area contributed by atoms with Crippen LogP contribution in [-0.2, 0) is 11.3 Å². The molecule has 4 rings (SSSR count). The summed E-state index contributed by atoms with van der Waals surface area (Å²) in [6.07, 6.45) is 4.83. The van der Waals surface area contributed by atoms with Gasteiger partial charge in [-0.3, -0.25) is 4.79 Å². The highest BCUT2D eigenvalue weighted by Gasteiger charge is 2.31. The number of piperidine rings is 1. The van der Waals surface area contributed by atoms with E-state index in [1.807, 2.05) is 17.0 Å². The molecule has 3 amide bonds. The standard InChI is InChI=1S/C27H34FN3O2/c1-19-10-11-20(16-25(19)28)17-29-26(32)22-12-14-31(15-13-22)27(33)30-18-23-8-5-9-24(23)21-6-3-2-4-7-21/h2-4,6-7,10-11,16,22-24H,5,8-9,12-15,17-18H2,1H3,(H,29,32)(H,30,33). The third-order valence-electron chi connectivity index (χ3n) is 7.26. The molecule has 1 aliphatic carbocycles. The van der Waals surface area contributed by atoms with E-state index in [9.17, 15) is 14.0 Å². The molecule has 5 nitrogen and oxygen atoms in total. The van der Waals surface area contributed by atoms with Gasteiger partial charge in [-0.15, -0.1) is 0 Å². The van der Waals surface area contributed by atoms with E-state index in [4.69, 9.17) is 0 Å². The molecule has 2 aromatic carbocycles. The number of hydrogen-bond acceptors (Lipinski definition) is 2. The molecule has 33 heavy (non-hydrogen) atoms. The van der Waals surface area contributed by atoms with E-state index in [0.717, 1.165) is 12.0 Å². The van der Waals surface area contributed by atoms with Crippen LogP contribution in [0.2, 0.25) is 0 Å². The molecule has 2 atom stereocenters. The number of carbonyl (C=O) groups is 2. The lowest BCUT2D eigenvalue weighted by Crippen LogP contribution is -2.47. The van der Waals surface area contributed by atoms with Crippen LogP contribution >= 0.6 is 0 Å². The molecule has 2 fully saturated rings. The molecule has 1 saturated carbocycles. The molecule has 0 spiro atoms. The third kappa shape index (κ3) is 5.92. The van der Waals surface area contributed by atoms with Gasteiger partial charge in [-0.05, 0) is 67.2 Å². The SMILES string of the molecule is Cc1ccc(CNC(=O)C2CCN(C(=O)NCC3CCCC3c3ccccc3)CC2)cc1F. The highest BCUT2D eigenvalue weighted by Crippen LogP contribution is 2.39. The lowest BCUT2D eigenvalue weighted by Gasteiger charge is -2.32. The van der Waals surface area contributed by atoms with Crippen LogP contribution in [0.4, 0.5) is 9.18 Å². The summed E-state index contributed by atoms with van der Waals surface area (Å²) >= 11 is 0. The van der Waals surface area contributed by atoms with Gasteiger partial charge in [0.15, 0.2) is 0 Å². The van der Waals surface area contributed by atoms with Crippen LogP contribution < -0.4 is 10.6 Å². The minimum atomic E-state index is -0.256. The Balaban J connectivity index is 1.19. The molecule has 6 heteroatoms. The number of aryl methyl sites for hydroxylation is 1. The Labute approximate surface area is 195 Å². The fourth-order valence-corrected chi connectivity index (χ4v) is 5.18. The summed E-state index contributed by atoms with van der Waals surface area (Å²) in [5, 5.41) is 6.06. The van der Waals surface area contributed by atoms with Crippen molar-refractivity contribution in [2.24, 2.45) is 11.8 Å². The number of rotatable bonds is 6. The number of benzene rings is 2. The van der Waals surface area contributed by atoms with Gasteiger partial charge in [-0.2, -0.15) is 0 Å². The summed E-state index contributed by atoms with van der Waals surface area (Å²) < 4.78 is 13.7. The normalized spacial score (nSPS) is 21.1. The molecule has 2 unspecified atom stereocenters. The van der Waals surface area contributed by atoms with Gasteiger partial charge in [0.1, 0.15) is 5.82 Å². The zero-order valence-electron chi connectivity index (χ0n) is 19.4. The van der Waals surface area contributed by atoms with Crippen molar-refractivity contribution in [1.82, 2.24) is 15.5 Å². The Kier molecular flexibility index (Phi) is 7.63. The minimum Gasteiger partial charge on any atom is -0.352 e. The molecule has 2 aromatic rings. The Hall–Kier alpha value is -2.89. The van der Waals surface area contributed by atoms with Gasteiger partial charge < -0.3 is 15.5 Å². The second-order valence-electron chi connectivity index (χ2n) is 9.46. The molecule has 2 aliphatic rings. The summed E-state index contributed by atoms with van der Waals surface area (Å²) in [7, 11) is 0. The van der Waals surface area contributed by atoms with Gasteiger partial charge in [0, 0.05) is 32.1 Å². The summed E-state index contributed by atoms with van der Waals surface area (Å²) in [5.74, 6) is 0.609. The van der Waals surface area contributed by atoms with Crippen molar-refractivity contribution in [3.63, 3.8) is 0 Å². The number of halogens is 1. The van der Waals surface area contributed by atoms with Crippen LogP contribution in [0.5, 0.6) is 0 Å². The predicted octanol–water partition coefficient (Wildman–Crippen LogP) is 4.76. The summed E-state index contributed by atoms with van der Waals surface area (Å²) in [6.45, 7) is 3.90. The van der Waals surface area contributed by atoms with Crippen LogP contribution in [0.25, 0.3) is 0 Å². The van der Waals surface area contributed by atoms with Crippen LogP contribution in [-0.4, -0.2) is 36.5 Å². The van der Waals surface area contributed by atoms with Crippen molar-refractivity contribution in [2.45, 2.75) is 51.5 Å². The van der Waals surface area contributed by atoms with Crippen molar-refractivity contribution in [3.8, 4) is 0 Å². The van der Waals surface area contributed by atoms with Crippen LogP contribution in [0.1, 0.15) is 54.7 Å². The average Bonchev–Trinajstić information content (AvgIpc) is 3.32. The average molecular weight is 452 g/mol. The number of urea groups is 1. The zero-order valence-corrected chi connectivity index (χ0v) is 19.4. The monoisotopic (exact) mass is 451 g/mol. The van der Waals surface area contributed by atoms with E-state index in [1.54, 1.807) is 13.0 Å². The first-order valence-corrected chi connectivity index (χ1v) is 12.1. The minimum absolute atomic E-state index is 0.0206. The third-order valence-corrected chi connectivity index (χ3v) is 7.26. The van der Waals surface area contributed by atoms with Crippen molar-refractivity contribution < 1.29 is 14.0 Å². The number of amides is 3. The van der Waals surface area contributed by atoms with Crippen LogP contribution in [0, 0.1) is 24.6 Å². The topological polar surface area (TPSA) is 61.4 Å². The van der Waals surface area contributed by atoms with E-state index in [1.165, 1.54) is 24.5 Å². The van der Waals surface area contributed by atoms with Gasteiger partial charge in [0.25, 0.3) is 0 Å². The smallest absolute Gasteiger partial charge is 0.317 e. The number of nitrogens with zero attached hydrogens (tertiary/aromatic N) is 1. The van der Waals surface area contributed by atoms with Gasteiger partial charge in [-0.1, -0.05) is 48.9 Å². The molecule has 0 aromatic heterocycles. The van der Waals surface area contributed by atoms with Crippen molar-refractivity contribution in [2.75, 3.05) is 19.6 Å². The zero-order chi connectivity index (χ0) is 23.2. The Morgan fingerprint density at radius 1 is 1.00 bits per heavy atom. The number of hydrogen-bond donors (Lipinski definition) is 2. The fourth-order valence-electron chi connectivity index (χ4n) is 5.18. The van der Waals surface area contributed by atoms with E-state index in [2.05, 4.69) is 34.9 Å². The lowest BCUT2D eigenvalue weighted by atomic mass is 9.89. The quantitative estimate of drug-likeness (QED) is 0.666. The van der Waals surface area contributed by atoms with E-state index in [-0.39, 0.29) is 23.7 Å². The first-order chi connectivity index (χ1) is 16.0. The molecule has 1 saturated heterocycles. The maximum absolute atomic E-state index is 13.7. The van der Waals surface area contributed by atoms with Crippen molar-refractivity contribution in [3.05, 3.63) is 71.0 Å². The number of carbonyl (C=O) groups excluding carboxylic acids is 2. The molecule has 2 N–H and O–H groups in total. The first-order valence-electron chi connectivity index (χ1n) is 12.1. The van der Waals surface area contributed by atoms with Gasteiger partial charge in [0.2, 0.25) is 5.91 Å². The molecule has 0 radical (unpaired) electrons. The molecular weight excluding hydrogens is 417 g/mol. The second-order valence-corrected chi connectivity index (χ2v) is 9.46. The Morgan fingerprint density at radius 2 is 1.76 bits per heavy atom. The maximum Gasteiger partial charge on any atom is 0.317 e. The molecule has 1 aliphatic heterocycles. The Morgan fingerprint density at radius 3 is 2.48 bits per heavy atom. The fraction of sp³-hybridized carbons (Fsp3) is 0.481. The van der Waals surface area contributed by atoms with E-state index in [0.29, 0.717) is 56.4 Å². The first kappa shape index (κ1) is 23.3. The maximum atomic E-state index is 13.7. The summed E-state index contributed by atoms with van der Waals surface area (Å²) in [6, 6.07) is 15.6.